The number of halogens is 5. The maximum atomic E-state index is 13.1. The first-order chi connectivity index (χ1) is 7.36. The molecule has 0 amide bonds. The highest BCUT2D eigenvalue weighted by Crippen LogP contribution is 2.32. The van der Waals surface area contributed by atoms with Gasteiger partial charge in [-0.05, 0) is 24.1 Å². The number of aliphatic hydroxyl groups excluding tert-OH is 1. The van der Waals surface area contributed by atoms with Crippen LogP contribution in [0, 0.1) is 5.82 Å². The fourth-order valence-electron chi connectivity index (χ4n) is 1.30. The summed E-state index contributed by atoms with van der Waals surface area (Å²) in [6, 6.07) is 1.86. The number of hydrogen-bond donors (Lipinski definition) is 2. The molecule has 0 saturated carbocycles. The van der Waals surface area contributed by atoms with Crippen molar-refractivity contribution in [2.45, 2.75) is 18.6 Å². The minimum Gasteiger partial charge on any atom is -0.396 e. The summed E-state index contributed by atoms with van der Waals surface area (Å²) in [6.07, 6.45) is -4.53. The van der Waals surface area contributed by atoms with Gasteiger partial charge in [0, 0.05) is 12.6 Å². The van der Waals surface area contributed by atoms with Crippen LogP contribution in [0.5, 0.6) is 0 Å². The third-order valence-corrected chi connectivity index (χ3v) is 2.17. The maximum absolute atomic E-state index is 13.1. The van der Waals surface area contributed by atoms with Gasteiger partial charge < -0.3 is 10.8 Å². The fourth-order valence-corrected chi connectivity index (χ4v) is 1.30. The number of hydrogen-bond acceptors (Lipinski definition) is 2. The van der Waals surface area contributed by atoms with Crippen LogP contribution < -0.4 is 5.73 Å². The number of aliphatic hydroxyl groups is 1. The van der Waals surface area contributed by atoms with Crippen LogP contribution in [0.1, 0.15) is 23.6 Å². The molecule has 0 aliphatic carbocycles. The second-order valence-electron chi connectivity index (χ2n) is 3.36. The Labute approximate surface area is 102 Å². The number of nitrogens with two attached hydrogens (primary N) is 1. The molecule has 0 spiro atoms. The van der Waals surface area contributed by atoms with Gasteiger partial charge >= 0.3 is 6.18 Å². The molecule has 1 aromatic carbocycles. The van der Waals surface area contributed by atoms with Crippen LogP contribution >= 0.6 is 12.4 Å². The Morgan fingerprint density at radius 1 is 1.29 bits per heavy atom. The topological polar surface area (TPSA) is 46.2 Å². The average molecular weight is 274 g/mol. The Morgan fingerprint density at radius 2 is 1.88 bits per heavy atom. The van der Waals surface area contributed by atoms with Gasteiger partial charge in [-0.2, -0.15) is 13.2 Å². The highest BCUT2D eigenvalue weighted by atomic mass is 35.5. The van der Waals surface area contributed by atoms with Gasteiger partial charge in [-0.1, -0.05) is 6.07 Å². The van der Waals surface area contributed by atoms with E-state index in [0.717, 1.165) is 12.1 Å². The average Bonchev–Trinajstić information content (AvgIpc) is 2.16. The van der Waals surface area contributed by atoms with E-state index in [-0.39, 0.29) is 31.0 Å². The first-order valence-corrected chi connectivity index (χ1v) is 4.59. The summed E-state index contributed by atoms with van der Waals surface area (Å²) in [5.41, 5.74) is 4.45. The summed E-state index contributed by atoms with van der Waals surface area (Å²) >= 11 is 0. The summed E-state index contributed by atoms with van der Waals surface area (Å²) in [6.45, 7) is -0.205. The van der Waals surface area contributed by atoms with Crippen molar-refractivity contribution in [3.05, 3.63) is 35.1 Å². The van der Waals surface area contributed by atoms with Crippen molar-refractivity contribution in [1.29, 1.82) is 0 Å². The van der Waals surface area contributed by atoms with E-state index in [2.05, 4.69) is 0 Å². The van der Waals surface area contributed by atoms with Gasteiger partial charge in [0.2, 0.25) is 0 Å². The van der Waals surface area contributed by atoms with Crippen LogP contribution in [-0.4, -0.2) is 11.7 Å². The first kappa shape index (κ1) is 16.1. The third-order valence-electron chi connectivity index (χ3n) is 2.17. The van der Waals surface area contributed by atoms with E-state index in [9.17, 15) is 17.6 Å². The molecule has 1 atom stereocenters. The summed E-state index contributed by atoms with van der Waals surface area (Å²) < 4.78 is 49.8. The lowest BCUT2D eigenvalue weighted by atomic mass is 10.0. The predicted octanol–water partition coefficient (Wildman–Crippen LogP) is 2.65. The quantitative estimate of drug-likeness (QED) is 0.832. The minimum atomic E-state index is -4.70. The number of benzene rings is 1. The van der Waals surface area contributed by atoms with Crippen LogP contribution in [-0.2, 0) is 6.18 Å². The first-order valence-electron chi connectivity index (χ1n) is 4.59. The molecule has 0 aliphatic heterocycles. The molecule has 0 fully saturated rings. The van der Waals surface area contributed by atoms with E-state index in [1.165, 1.54) is 0 Å². The molecule has 0 radical (unpaired) electrons. The summed E-state index contributed by atoms with van der Waals surface area (Å²) in [4.78, 5) is 0. The van der Waals surface area contributed by atoms with Crippen LogP contribution in [0.15, 0.2) is 18.2 Å². The zero-order chi connectivity index (χ0) is 12.3. The molecule has 1 rings (SSSR count). The van der Waals surface area contributed by atoms with Crippen molar-refractivity contribution in [3.8, 4) is 0 Å². The predicted molar refractivity (Wildman–Crippen MR) is 57.3 cm³/mol. The van der Waals surface area contributed by atoms with Crippen molar-refractivity contribution in [1.82, 2.24) is 0 Å². The van der Waals surface area contributed by atoms with Crippen molar-refractivity contribution in [3.63, 3.8) is 0 Å². The Kier molecular flexibility index (Phi) is 5.87. The van der Waals surface area contributed by atoms with E-state index in [0.29, 0.717) is 6.07 Å². The molecule has 0 aliphatic rings. The van der Waals surface area contributed by atoms with Crippen molar-refractivity contribution in [2.24, 2.45) is 5.73 Å². The second-order valence-corrected chi connectivity index (χ2v) is 3.36. The maximum Gasteiger partial charge on any atom is 0.419 e. The third kappa shape index (κ3) is 4.14. The summed E-state index contributed by atoms with van der Waals surface area (Å²) in [5.74, 6) is -1.35. The molecule has 3 N–H and O–H groups in total. The van der Waals surface area contributed by atoms with Gasteiger partial charge in [0.15, 0.2) is 0 Å². The molecule has 1 aromatic rings. The Bertz CT molecular complexity index is 370. The summed E-state index contributed by atoms with van der Waals surface area (Å²) in [5, 5.41) is 8.60. The molecule has 98 valence electrons. The van der Waals surface area contributed by atoms with E-state index < -0.39 is 23.6 Å². The monoisotopic (exact) mass is 273 g/mol. The minimum absolute atomic E-state index is 0. The molecule has 0 aromatic heterocycles. The SMILES string of the molecule is Cl.N[C@@H](CCO)c1ccc(C(F)(F)F)c(F)c1. The van der Waals surface area contributed by atoms with Gasteiger partial charge in [-0.3, -0.25) is 0 Å². The van der Waals surface area contributed by atoms with Crippen LogP contribution in [0.25, 0.3) is 0 Å². The van der Waals surface area contributed by atoms with E-state index in [1.54, 1.807) is 0 Å². The Morgan fingerprint density at radius 3 is 2.29 bits per heavy atom. The highest BCUT2D eigenvalue weighted by Gasteiger charge is 2.34. The Balaban J connectivity index is 0.00000256. The molecule has 7 heteroatoms. The molecule has 2 nitrogen and oxygen atoms in total. The molecule has 0 unspecified atom stereocenters. The molecule has 0 heterocycles. The molecular formula is C10H12ClF4NO. The second kappa shape index (κ2) is 6.18. The molecule has 17 heavy (non-hydrogen) atoms. The standard InChI is InChI=1S/C10H11F4NO.ClH/c11-8-5-6(9(15)3-4-16)1-2-7(8)10(12,13)14;/h1-2,5,9,16H,3-4,15H2;1H/t9-;/m0./s1. The van der Waals surface area contributed by atoms with E-state index in [1.807, 2.05) is 0 Å². The molecule has 0 bridgehead atoms. The zero-order valence-corrected chi connectivity index (χ0v) is 9.48. The summed E-state index contributed by atoms with van der Waals surface area (Å²) in [7, 11) is 0. The van der Waals surface area contributed by atoms with Crippen LogP contribution in [0.4, 0.5) is 17.6 Å². The zero-order valence-electron chi connectivity index (χ0n) is 8.67. The van der Waals surface area contributed by atoms with Gasteiger partial charge in [0.25, 0.3) is 0 Å². The smallest absolute Gasteiger partial charge is 0.396 e. The number of alkyl halides is 3. The normalized spacial score (nSPS) is 13.1. The van der Waals surface area contributed by atoms with Gasteiger partial charge in [0.1, 0.15) is 5.82 Å². The van der Waals surface area contributed by atoms with Gasteiger partial charge in [-0.15, -0.1) is 12.4 Å². The largest absolute Gasteiger partial charge is 0.419 e. The van der Waals surface area contributed by atoms with Crippen LogP contribution in [0.2, 0.25) is 0 Å². The van der Waals surface area contributed by atoms with Crippen molar-refractivity contribution in [2.75, 3.05) is 6.61 Å². The van der Waals surface area contributed by atoms with Crippen molar-refractivity contribution >= 4 is 12.4 Å². The van der Waals surface area contributed by atoms with Crippen molar-refractivity contribution < 1.29 is 22.7 Å². The lowest BCUT2D eigenvalue weighted by Gasteiger charge is -2.13. The van der Waals surface area contributed by atoms with Gasteiger partial charge in [0.05, 0.1) is 5.56 Å². The van der Waals surface area contributed by atoms with Crippen LogP contribution in [0.3, 0.4) is 0 Å². The Hall–Kier alpha value is -0.850. The highest BCUT2D eigenvalue weighted by molar-refractivity contribution is 5.85. The van der Waals surface area contributed by atoms with E-state index >= 15 is 0 Å². The number of rotatable bonds is 3. The fraction of sp³-hybridized carbons (Fsp3) is 0.400. The van der Waals surface area contributed by atoms with Gasteiger partial charge in [-0.25, -0.2) is 4.39 Å². The van der Waals surface area contributed by atoms with E-state index in [4.69, 9.17) is 10.8 Å². The molecule has 0 saturated heterocycles. The lowest BCUT2D eigenvalue weighted by molar-refractivity contribution is -0.140. The molecular weight excluding hydrogens is 262 g/mol. The lowest BCUT2D eigenvalue weighted by Crippen LogP contribution is -2.14.